The Bertz CT molecular complexity index is 663. The molecule has 0 saturated carbocycles. The first-order valence-corrected chi connectivity index (χ1v) is 7.32. The van der Waals surface area contributed by atoms with Gasteiger partial charge in [-0.1, -0.05) is 37.3 Å². The van der Waals surface area contributed by atoms with Gasteiger partial charge in [0.1, 0.15) is 0 Å². The van der Waals surface area contributed by atoms with Crippen LogP contribution in [0.15, 0.2) is 48.5 Å². The second-order valence-corrected chi connectivity index (χ2v) is 5.07. The van der Waals surface area contributed by atoms with Gasteiger partial charge in [0.2, 0.25) is 5.91 Å². The summed E-state index contributed by atoms with van der Waals surface area (Å²) in [4.78, 5) is 23.2. The van der Waals surface area contributed by atoms with Gasteiger partial charge in [-0.3, -0.25) is 9.59 Å². The molecule has 0 heterocycles. The van der Waals surface area contributed by atoms with Crippen LogP contribution in [0.2, 0.25) is 0 Å². The number of aryl methyl sites for hydroxylation is 1. The van der Waals surface area contributed by atoms with Crippen LogP contribution in [-0.2, 0) is 17.8 Å². The van der Waals surface area contributed by atoms with Crippen molar-refractivity contribution in [1.29, 1.82) is 0 Å². The highest BCUT2D eigenvalue weighted by Gasteiger charge is 2.08. The molecular formula is C18H20N2O2. The first kappa shape index (κ1) is 15.8. The fourth-order valence-electron chi connectivity index (χ4n) is 2.15. The second kappa shape index (κ2) is 7.41. The lowest BCUT2D eigenvalue weighted by Gasteiger charge is -2.10. The first-order valence-electron chi connectivity index (χ1n) is 7.32. The van der Waals surface area contributed by atoms with Gasteiger partial charge >= 0.3 is 0 Å². The number of carbonyl (C=O) groups excluding carboxylic acids is 2. The molecule has 0 radical (unpaired) electrons. The van der Waals surface area contributed by atoms with E-state index >= 15 is 0 Å². The summed E-state index contributed by atoms with van der Waals surface area (Å²) >= 11 is 0. The largest absolute Gasteiger partial charge is 0.352 e. The lowest BCUT2D eigenvalue weighted by atomic mass is 10.1. The van der Waals surface area contributed by atoms with Crippen LogP contribution in [0, 0.1) is 0 Å². The van der Waals surface area contributed by atoms with Crippen molar-refractivity contribution >= 4 is 17.5 Å². The maximum absolute atomic E-state index is 12.3. The van der Waals surface area contributed by atoms with E-state index in [0.717, 1.165) is 23.2 Å². The van der Waals surface area contributed by atoms with Crippen molar-refractivity contribution in [3.05, 3.63) is 65.2 Å². The molecule has 0 aliphatic carbocycles. The molecule has 22 heavy (non-hydrogen) atoms. The first-order chi connectivity index (χ1) is 10.6. The van der Waals surface area contributed by atoms with E-state index in [1.807, 2.05) is 36.4 Å². The molecule has 0 aliphatic heterocycles. The van der Waals surface area contributed by atoms with E-state index < -0.39 is 0 Å². The van der Waals surface area contributed by atoms with Gasteiger partial charge in [0.05, 0.1) is 0 Å². The van der Waals surface area contributed by atoms with E-state index in [-0.39, 0.29) is 11.8 Å². The molecule has 2 aromatic rings. The molecule has 4 nitrogen and oxygen atoms in total. The lowest BCUT2D eigenvalue weighted by molar-refractivity contribution is -0.119. The van der Waals surface area contributed by atoms with Gasteiger partial charge in [0.15, 0.2) is 0 Å². The van der Waals surface area contributed by atoms with Crippen molar-refractivity contribution in [2.24, 2.45) is 0 Å². The van der Waals surface area contributed by atoms with Gasteiger partial charge in [-0.25, -0.2) is 0 Å². The van der Waals surface area contributed by atoms with Crippen LogP contribution in [0.4, 0.5) is 5.69 Å². The van der Waals surface area contributed by atoms with Crippen molar-refractivity contribution in [2.75, 3.05) is 5.32 Å². The smallest absolute Gasteiger partial charge is 0.255 e. The zero-order valence-corrected chi connectivity index (χ0v) is 12.8. The molecule has 0 fully saturated rings. The number of carbonyl (C=O) groups is 2. The average molecular weight is 296 g/mol. The summed E-state index contributed by atoms with van der Waals surface area (Å²) in [5.41, 5.74) is 3.51. The topological polar surface area (TPSA) is 58.2 Å². The van der Waals surface area contributed by atoms with E-state index in [1.165, 1.54) is 6.92 Å². The Morgan fingerprint density at radius 2 is 1.68 bits per heavy atom. The highest BCUT2D eigenvalue weighted by Crippen LogP contribution is 2.16. The quantitative estimate of drug-likeness (QED) is 0.890. The van der Waals surface area contributed by atoms with Crippen LogP contribution in [0.5, 0.6) is 0 Å². The Kier molecular flexibility index (Phi) is 5.31. The second-order valence-electron chi connectivity index (χ2n) is 5.07. The fourth-order valence-corrected chi connectivity index (χ4v) is 2.15. The third kappa shape index (κ3) is 4.19. The third-order valence-electron chi connectivity index (χ3n) is 3.40. The predicted octanol–water partition coefficient (Wildman–Crippen LogP) is 3.14. The molecular weight excluding hydrogens is 276 g/mol. The molecule has 0 saturated heterocycles. The van der Waals surface area contributed by atoms with E-state index in [1.54, 1.807) is 12.1 Å². The Balaban J connectivity index is 2.05. The van der Waals surface area contributed by atoms with Gasteiger partial charge in [-0.05, 0) is 35.7 Å². The Morgan fingerprint density at radius 1 is 1.00 bits per heavy atom. The lowest BCUT2D eigenvalue weighted by Crippen LogP contribution is -2.19. The van der Waals surface area contributed by atoms with E-state index in [2.05, 4.69) is 17.6 Å². The molecule has 2 aromatic carbocycles. The van der Waals surface area contributed by atoms with Crippen LogP contribution < -0.4 is 10.6 Å². The van der Waals surface area contributed by atoms with Crippen molar-refractivity contribution in [2.45, 2.75) is 26.8 Å². The van der Waals surface area contributed by atoms with Crippen LogP contribution in [-0.4, -0.2) is 11.8 Å². The number of amides is 2. The molecule has 0 spiro atoms. The molecule has 0 aromatic heterocycles. The summed E-state index contributed by atoms with van der Waals surface area (Å²) in [6, 6.07) is 15.0. The highest BCUT2D eigenvalue weighted by molar-refractivity contribution is 6.04. The standard InChI is InChI=1S/C18H20N2O2/c1-3-15-6-4-5-7-17(15)20-18(22)16-10-8-14(9-11-16)12-19-13(2)21/h4-11H,3,12H2,1-2H3,(H,19,21)(H,20,22). The summed E-state index contributed by atoms with van der Waals surface area (Å²) < 4.78 is 0. The van der Waals surface area contributed by atoms with Gasteiger partial charge in [-0.15, -0.1) is 0 Å². The maximum atomic E-state index is 12.3. The Hall–Kier alpha value is -2.62. The molecule has 2 amide bonds. The molecule has 2 rings (SSSR count). The highest BCUT2D eigenvalue weighted by atomic mass is 16.2. The summed E-state index contributed by atoms with van der Waals surface area (Å²) in [5.74, 6) is -0.204. The Labute approximate surface area is 130 Å². The molecule has 0 aliphatic rings. The number of hydrogen-bond donors (Lipinski definition) is 2. The number of anilines is 1. The molecule has 4 heteroatoms. The molecule has 0 unspecified atom stereocenters. The van der Waals surface area contributed by atoms with E-state index in [0.29, 0.717) is 12.1 Å². The zero-order valence-electron chi connectivity index (χ0n) is 12.8. The third-order valence-corrected chi connectivity index (χ3v) is 3.40. The average Bonchev–Trinajstić information content (AvgIpc) is 2.54. The number of hydrogen-bond acceptors (Lipinski definition) is 2. The normalized spacial score (nSPS) is 10.1. The number of rotatable bonds is 5. The molecule has 0 bridgehead atoms. The number of nitrogens with one attached hydrogen (secondary N) is 2. The van der Waals surface area contributed by atoms with Crippen LogP contribution >= 0.6 is 0 Å². The minimum absolute atomic E-state index is 0.0713. The van der Waals surface area contributed by atoms with Crippen molar-refractivity contribution in [3.63, 3.8) is 0 Å². The summed E-state index contributed by atoms with van der Waals surface area (Å²) in [7, 11) is 0. The zero-order chi connectivity index (χ0) is 15.9. The fraction of sp³-hybridized carbons (Fsp3) is 0.222. The number of para-hydroxylation sites is 1. The van der Waals surface area contributed by atoms with Crippen molar-refractivity contribution in [3.8, 4) is 0 Å². The van der Waals surface area contributed by atoms with Gasteiger partial charge in [0.25, 0.3) is 5.91 Å². The van der Waals surface area contributed by atoms with Gasteiger partial charge in [-0.2, -0.15) is 0 Å². The number of benzene rings is 2. The summed E-state index contributed by atoms with van der Waals surface area (Å²) in [6.45, 7) is 4.00. The van der Waals surface area contributed by atoms with Crippen LogP contribution in [0.3, 0.4) is 0 Å². The SMILES string of the molecule is CCc1ccccc1NC(=O)c1ccc(CNC(C)=O)cc1. The van der Waals surface area contributed by atoms with Gasteiger partial charge < -0.3 is 10.6 Å². The maximum Gasteiger partial charge on any atom is 0.255 e. The molecule has 2 N–H and O–H groups in total. The van der Waals surface area contributed by atoms with Crippen LogP contribution in [0.1, 0.15) is 35.3 Å². The van der Waals surface area contributed by atoms with E-state index in [4.69, 9.17) is 0 Å². The minimum Gasteiger partial charge on any atom is -0.352 e. The van der Waals surface area contributed by atoms with Crippen LogP contribution in [0.25, 0.3) is 0 Å². The monoisotopic (exact) mass is 296 g/mol. The predicted molar refractivity (Wildman–Crippen MR) is 87.7 cm³/mol. The van der Waals surface area contributed by atoms with Gasteiger partial charge in [0, 0.05) is 24.7 Å². The minimum atomic E-state index is -0.132. The molecule has 0 atom stereocenters. The van der Waals surface area contributed by atoms with Crippen molar-refractivity contribution < 1.29 is 9.59 Å². The van der Waals surface area contributed by atoms with Crippen molar-refractivity contribution in [1.82, 2.24) is 5.32 Å². The Morgan fingerprint density at radius 3 is 2.32 bits per heavy atom. The summed E-state index contributed by atoms with van der Waals surface area (Å²) in [6.07, 6.45) is 0.867. The van der Waals surface area contributed by atoms with E-state index in [9.17, 15) is 9.59 Å². The molecule has 114 valence electrons. The summed E-state index contributed by atoms with van der Waals surface area (Å²) in [5, 5.41) is 5.66.